The smallest absolute Gasteiger partial charge is 0.260 e. The first-order chi connectivity index (χ1) is 9.43. The van der Waals surface area contributed by atoms with Crippen LogP contribution in [0.4, 0.5) is 0 Å². The van der Waals surface area contributed by atoms with E-state index in [1.807, 2.05) is 26.0 Å². The predicted octanol–water partition coefficient (Wildman–Crippen LogP) is 1.75. The number of aromatic nitrogens is 1. The molecular weight excluding hydrogens is 254 g/mol. The van der Waals surface area contributed by atoms with Gasteiger partial charge in [0.25, 0.3) is 5.91 Å². The van der Waals surface area contributed by atoms with Gasteiger partial charge in [-0.25, -0.2) is 0 Å². The number of nitrogens with zero attached hydrogens (tertiary/aromatic N) is 2. The molecule has 0 aliphatic carbocycles. The standard InChI is InChI=1S/C15H25N3O2/c1-6-18(5)15(19)10-20-14-8-7-12(4)17-13(14)9-16-11(2)3/h7-8,11,16H,6,9-10H2,1-5H3. The van der Waals surface area contributed by atoms with E-state index in [1.54, 1.807) is 11.9 Å². The first kappa shape index (κ1) is 16.4. The number of ether oxygens (including phenoxy) is 1. The highest BCUT2D eigenvalue weighted by atomic mass is 16.5. The molecule has 0 bridgehead atoms. The average Bonchev–Trinajstić information content (AvgIpc) is 2.42. The molecule has 0 aliphatic rings. The molecule has 0 saturated carbocycles. The maximum atomic E-state index is 11.8. The van der Waals surface area contributed by atoms with E-state index in [1.165, 1.54) is 0 Å². The number of pyridine rings is 1. The van der Waals surface area contributed by atoms with Crippen LogP contribution in [0.3, 0.4) is 0 Å². The minimum atomic E-state index is -0.0316. The quantitative estimate of drug-likeness (QED) is 0.826. The van der Waals surface area contributed by atoms with Crippen molar-refractivity contribution in [1.82, 2.24) is 15.2 Å². The lowest BCUT2D eigenvalue weighted by atomic mass is 10.2. The highest BCUT2D eigenvalue weighted by molar-refractivity contribution is 5.77. The first-order valence-corrected chi connectivity index (χ1v) is 7.00. The monoisotopic (exact) mass is 279 g/mol. The lowest BCUT2D eigenvalue weighted by Gasteiger charge is -2.17. The van der Waals surface area contributed by atoms with E-state index in [4.69, 9.17) is 4.74 Å². The molecule has 0 unspecified atom stereocenters. The van der Waals surface area contributed by atoms with Crippen LogP contribution in [0, 0.1) is 6.92 Å². The van der Waals surface area contributed by atoms with Crippen molar-refractivity contribution in [2.45, 2.75) is 40.3 Å². The van der Waals surface area contributed by atoms with Gasteiger partial charge in [-0.2, -0.15) is 0 Å². The Morgan fingerprint density at radius 3 is 2.75 bits per heavy atom. The van der Waals surface area contributed by atoms with Gasteiger partial charge in [-0.15, -0.1) is 0 Å². The number of aryl methyl sites for hydroxylation is 1. The zero-order valence-corrected chi connectivity index (χ0v) is 13.1. The average molecular weight is 279 g/mol. The second-order valence-electron chi connectivity index (χ2n) is 5.13. The maximum absolute atomic E-state index is 11.8. The summed E-state index contributed by atoms with van der Waals surface area (Å²) in [5.41, 5.74) is 1.78. The largest absolute Gasteiger partial charge is 0.482 e. The van der Waals surface area contributed by atoms with Crippen molar-refractivity contribution < 1.29 is 9.53 Å². The molecule has 1 N–H and O–H groups in total. The number of rotatable bonds is 7. The van der Waals surface area contributed by atoms with Crippen LogP contribution in [0.5, 0.6) is 5.75 Å². The van der Waals surface area contributed by atoms with Crippen molar-refractivity contribution in [3.05, 3.63) is 23.5 Å². The Morgan fingerprint density at radius 2 is 2.15 bits per heavy atom. The van der Waals surface area contributed by atoms with Gasteiger partial charge in [0.05, 0.1) is 5.69 Å². The third-order valence-electron chi connectivity index (χ3n) is 3.00. The second-order valence-corrected chi connectivity index (χ2v) is 5.13. The van der Waals surface area contributed by atoms with Gasteiger partial charge < -0.3 is 15.0 Å². The fraction of sp³-hybridized carbons (Fsp3) is 0.600. The third kappa shape index (κ3) is 5.17. The van der Waals surface area contributed by atoms with Crippen LogP contribution in [0.2, 0.25) is 0 Å². The molecule has 20 heavy (non-hydrogen) atoms. The first-order valence-electron chi connectivity index (χ1n) is 7.00. The van der Waals surface area contributed by atoms with Crippen molar-refractivity contribution in [2.24, 2.45) is 0 Å². The lowest BCUT2D eigenvalue weighted by molar-refractivity contribution is -0.131. The highest BCUT2D eigenvalue weighted by Gasteiger charge is 2.11. The van der Waals surface area contributed by atoms with Gasteiger partial charge in [0.15, 0.2) is 6.61 Å². The number of hydrogen-bond donors (Lipinski definition) is 1. The molecule has 5 heteroatoms. The molecule has 0 fully saturated rings. The van der Waals surface area contributed by atoms with Crippen LogP contribution in [-0.4, -0.2) is 42.0 Å². The van der Waals surface area contributed by atoms with Crippen molar-refractivity contribution >= 4 is 5.91 Å². The number of carbonyl (C=O) groups is 1. The van der Waals surface area contributed by atoms with E-state index in [2.05, 4.69) is 24.1 Å². The highest BCUT2D eigenvalue weighted by Crippen LogP contribution is 2.17. The third-order valence-corrected chi connectivity index (χ3v) is 3.00. The van der Waals surface area contributed by atoms with E-state index in [-0.39, 0.29) is 12.5 Å². The summed E-state index contributed by atoms with van der Waals surface area (Å²) in [6.45, 7) is 9.39. The van der Waals surface area contributed by atoms with Gasteiger partial charge >= 0.3 is 0 Å². The van der Waals surface area contributed by atoms with Gasteiger partial charge in [-0.1, -0.05) is 13.8 Å². The summed E-state index contributed by atoms with van der Waals surface area (Å²) in [6, 6.07) is 4.14. The normalized spacial score (nSPS) is 10.7. The molecule has 1 rings (SSSR count). The minimum absolute atomic E-state index is 0.0316. The summed E-state index contributed by atoms with van der Waals surface area (Å²) in [6.07, 6.45) is 0. The Labute approximate surface area is 121 Å². The summed E-state index contributed by atoms with van der Waals surface area (Å²) in [5, 5.41) is 3.31. The number of likely N-dealkylation sites (N-methyl/N-ethyl adjacent to an activating group) is 1. The Hall–Kier alpha value is -1.62. The summed E-state index contributed by atoms with van der Waals surface area (Å²) in [7, 11) is 1.76. The fourth-order valence-electron chi connectivity index (χ4n) is 1.58. The molecular formula is C15H25N3O2. The van der Waals surface area contributed by atoms with E-state index < -0.39 is 0 Å². The van der Waals surface area contributed by atoms with Gasteiger partial charge in [0.2, 0.25) is 0 Å². The Morgan fingerprint density at radius 1 is 1.45 bits per heavy atom. The zero-order chi connectivity index (χ0) is 15.1. The van der Waals surface area contributed by atoms with Crippen molar-refractivity contribution in [3.8, 4) is 5.75 Å². The van der Waals surface area contributed by atoms with Crippen LogP contribution >= 0.6 is 0 Å². The van der Waals surface area contributed by atoms with Crippen LogP contribution < -0.4 is 10.1 Å². The molecule has 0 radical (unpaired) electrons. The van der Waals surface area contributed by atoms with Crippen molar-refractivity contribution in [1.29, 1.82) is 0 Å². The molecule has 0 spiro atoms. The summed E-state index contributed by atoms with van der Waals surface area (Å²) < 4.78 is 5.62. The van der Waals surface area contributed by atoms with E-state index in [0.717, 1.165) is 11.4 Å². The van der Waals surface area contributed by atoms with Crippen molar-refractivity contribution in [3.63, 3.8) is 0 Å². The summed E-state index contributed by atoms with van der Waals surface area (Å²) in [4.78, 5) is 17.9. The Kier molecular flexibility index (Phi) is 6.45. The Balaban J connectivity index is 2.71. The molecule has 0 aromatic carbocycles. The molecule has 1 aromatic heterocycles. The fourth-order valence-corrected chi connectivity index (χ4v) is 1.58. The van der Waals surface area contributed by atoms with Gasteiger partial charge in [0, 0.05) is 31.9 Å². The molecule has 112 valence electrons. The maximum Gasteiger partial charge on any atom is 0.260 e. The lowest BCUT2D eigenvalue weighted by Crippen LogP contribution is -2.31. The van der Waals surface area contributed by atoms with E-state index >= 15 is 0 Å². The number of nitrogens with one attached hydrogen (secondary N) is 1. The second kappa shape index (κ2) is 7.85. The zero-order valence-electron chi connectivity index (χ0n) is 13.1. The predicted molar refractivity (Wildman–Crippen MR) is 79.8 cm³/mol. The molecule has 0 aliphatic heterocycles. The van der Waals surface area contributed by atoms with Gasteiger partial charge in [-0.3, -0.25) is 9.78 Å². The number of hydrogen-bond acceptors (Lipinski definition) is 4. The molecule has 0 saturated heterocycles. The summed E-state index contributed by atoms with van der Waals surface area (Å²) >= 11 is 0. The SMILES string of the molecule is CCN(C)C(=O)COc1ccc(C)nc1CNC(C)C. The molecule has 1 amide bonds. The number of carbonyl (C=O) groups excluding carboxylic acids is 1. The van der Waals surface area contributed by atoms with Crippen LogP contribution in [0.1, 0.15) is 32.2 Å². The van der Waals surface area contributed by atoms with Crippen LogP contribution in [0.15, 0.2) is 12.1 Å². The van der Waals surface area contributed by atoms with Crippen LogP contribution in [-0.2, 0) is 11.3 Å². The molecule has 1 heterocycles. The molecule has 0 atom stereocenters. The van der Waals surface area contributed by atoms with Gasteiger partial charge in [-0.05, 0) is 26.0 Å². The van der Waals surface area contributed by atoms with E-state index in [0.29, 0.717) is 24.9 Å². The minimum Gasteiger partial charge on any atom is -0.482 e. The molecule has 1 aromatic rings. The Bertz CT molecular complexity index is 447. The topological polar surface area (TPSA) is 54.5 Å². The van der Waals surface area contributed by atoms with Crippen molar-refractivity contribution in [2.75, 3.05) is 20.2 Å². The molecule has 5 nitrogen and oxygen atoms in total. The van der Waals surface area contributed by atoms with Gasteiger partial charge in [0.1, 0.15) is 5.75 Å². The summed E-state index contributed by atoms with van der Waals surface area (Å²) in [5.74, 6) is 0.637. The van der Waals surface area contributed by atoms with Crippen LogP contribution in [0.25, 0.3) is 0 Å². The number of amides is 1. The van der Waals surface area contributed by atoms with E-state index in [9.17, 15) is 4.79 Å².